The van der Waals surface area contributed by atoms with E-state index in [-0.39, 0.29) is 64.7 Å². The Hall–Kier alpha value is -4.49. The van der Waals surface area contributed by atoms with Crippen LogP contribution in [0.25, 0.3) is 0 Å². The van der Waals surface area contributed by atoms with Gasteiger partial charge in [0.2, 0.25) is 17.7 Å². The van der Waals surface area contributed by atoms with Crippen molar-refractivity contribution in [1.82, 2.24) is 21.4 Å². The highest BCUT2D eigenvalue weighted by Crippen LogP contribution is 2.11. The van der Waals surface area contributed by atoms with Gasteiger partial charge in [-0.05, 0) is 74.5 Å². The lowest BCUT2D eigenvalue weighted by atomic mass is 10.0. The zero-order valence-electron chi connectivity index (χ0n) is 37.5. The van der Waals surface area contributed by atoms with E-state index < -0.39 is 29.7 Å². The molecule has 0 bridgehead atoms. The summed E-state index contributed by atoms with van der Waals surface area (Å²) in [6.07, 6.45) is 6.71. The summed E-state index contributed by atoms with van der Waals surface area (Å²) >= 11 is 0. The van der Waals surface area contributed by atoms with Crippen LogP contribution >= 0.6 is 0 Å². The van der Waals surface area contributed by atoms with Crippen molar-refractivity contribution in [2.45, 2.75) is 83.6 Å². The Kier molecular flexibility index (Phi) is 33.0. The molecule has 0 spiro atoms. The normalized spacial score (nSPS) is 11.5. The van der Waals surface area contributed by atoms with Crippen molar-refractivity contribution in [2.75, 3.05) is 106 Å². The van der Waals surface area contributed by atoms with Crippen molar-refractivity contribution in [3.63, 3.8) is 0 Å². The minimum atomic E-state index is -0.882. The van der Waals surface area contributed by atoms with Crippen molar-refractivity contribution < 1.29 is 62.0 Å². The van der Waals surface area contributed by atoms with E-state index in [1.165, 1.54) is 11.1 Å². The molecule has 0 aromatic heterocycles. The topological polar surface area (TPSA) is 207 Å². The zero-order chi connectivity index (χ0) is 45.4. The standard InChI is InChI=1S/C46H72N4O13/c1-3-24-57-27-28-59-31-33-61-36-43(52)47-22-10-9-16-41(49-44(53)37-62-34-32-60-30-29-58-26-25-56-2)46(55)48-23-11-17-45(54)63-50-42(51)35-40-20-18-39(19-21-40)15-8-7-14-38-12-5-4-6-13-38/h4-6,12-13,18-21,41H,3,7-11,14-17,22-37H2,1-2H3,(H,47,52)(H,48,55)(H,49,53)(H,50,51)/t41-/m0/s1. The molecule has 17 nitrogen and oxygen atoms in total. The highest BCUT2D eigenvalue weighted by Gasteiger charge is 2.20. The largest absolute Gasteiger partial charge is 0.382 e. The maximum atomic E-state index is 13.1. The number of unbranched alkanes of at least 4 members (excludes halogenated alkanes) is 2. The molecule has 1 atom stereocenters. The molecule has 0 aliphatic carbocycles. The Bertz CT molecular complexity index is 1500. The molecule has 2 rings (SSSR count). The summed E-state index contributed by atoms with van der Waals surface area (Å²) in [4.78, 5) is 67.7. The van der Waals surface area contributed by atoms with Crippen molar-refractivity contribution in [2.24, 2.45) is 0 Å². The third kappa shape index (κ3) is 31.1. The molecule has 2 aromatic carbocycles. The third-order valence-electron chi connectivity index (χ3n) is 9.18. The predicted molar refractivity (Wildman–Crippen MR) is 236 cm³/mol. The molecule has 4 N–H and O–H groups in total. The fraction of sp³-hybridized carbons (Fsp3) is 0.630. The van der Waals surface area contributed by atoms with Gasteiger partial charge in [0.15, 0.2) is 0 Å². The number of hydrogen-bond acceptors (Lipinski definition) is 13. The summed E-state index contributed by atoms with van der Waals surface area (Å²) < 4.78 is 37.1. The molecule has 2 aromatic rings. The monoisotopic (exact) mass is 889 g/mol. The van der Waals surface area contributed by atoms with Crippen LogP contribution in [0, 0.1) is 0 Å². The van der Waals surface area contributed by atoms with Crippen molar-refractivity contribution in [3.05, 3.63) is 71.3 Å². The molecule has 0 heterocycles. The molecule has 354 valence electrons. The maximum Gasteiger partial charge on any atom is 0.332 e. The van der Waals surface area contributed by atoms with E-state index >= 15 is 0 Å². The number of aryl methyl sites for hydroxylation is 2. The molecule has 17 heteroatoms. The van der Waals surface area contributed by atoms with E-state index in [4.69, 9.17) is 38.0 Å². The second kappa shape index (κ2) is 38.0. The number of hydroxylamine groups is 1. The van der Waals surface area contributed by atoms with Gasteiger partial charge >= 0.3 is 5.97 Å². The number of nitrogens with one attached hydrogen (secondary N) is 4. The van der Waals surface area contributed by atoms with Gasteiger partial charge < -0.3 is 53.9 Å². The van der Waals surface area contributed by atoms with Gasteiger partial charge in [0.25, 0.3) is 5.91 Å². The van der Waals surface area contributed by atoms with Crippen LogP contribution in [0.15, 0.2) is 54.6 Å². The minimum absolute atomic E-state index is 0.0570. The highest BCUT2D eigenvalue weighted by atomic mass is 16.7. The molecule has 0 saturated heterocycles. The maximum absolute atomic E-state index is 13.1. The fourth-order valence-electron chi connectivity index (χ4n) is 5.83. The Labute approximate surface area is 373 Å². The number of amides is 4. The summed E-state index contributed by atoms with van der Waals surface area (Å²) in [6, 6.07) is 17.4. The van der Waals surface area contributed by atoms with Gasteiger partial charge in [-0.1, -0.05) is 61.5 Å². The summed E-state index contributed by atoms with van der Waals surface area (Å²) in [5.41, 5.74) is 5.54. The minimum Gasteiger partial charge on any atom is -0.382 e. The number of carbonyl (C=O) groups is 5. The van der Waals surface area contributed by atoms with Crippen molar-refractivity contribution >= 4 is 29.6 Å². The molecular formula is C46H72N4O13. The van der Waals surface area contributed by atoms with Gasteiger partial charge in [-0.25, -0.2) is 4.79 Å². The molecular weight excluding hydrogens is 817 g/mol. The summed E-state index contributed by atoms with van der Waals surface area (Å²) in [5, 5.41) is 8.25. The lowest BCUT2D eigenvalue weighted by molar-refractivity contribution is -0.158. The van der Waals surface area contributed by atoms with Gasteiger partial charge in [0, 0.05) is 33.2 Å². The third-order valence-corrected chi connectivity index (χ3v) is 9.18. The Balaban J connectivity index is 1.66. The summed E-state index contributed by atoms with van der Waals surface area (Å²) in [6.45, 7) is 6.66. The first-order valence-corrected chi connectivity index (χ1v) is 22.2. The van der Waals surface area contributed by atoms with E-state index in [1.807, 2.05) is 37.3 Å². The Morgan fingerprint density at radius 1 is 0.540 bits per heavy atom. The number of benzene rings is 2. The average Bonchev–Trinajstić information content (AvgIpc) is 3.29. The quantitative estimate of drug-likeness (QED) is 0.0563. The number of hydrogen-bond donors (Lipinski definition) is 4. The summed E-state index contributed by atoms with van der Waals surface area (Å²) in [7, 11) is 1.60. The van der Waals surface area contributed by atoms with E-state index in [1.54, 1.807) is 7.11 Å². The Morgan fingerprint density at radius 2 is 1.08 bits per heavy atom. The van der Waals surface area contributed by atoms with E-state index in [9.17, 15) is 24.0 Å². The first-order valence-electron chi connectivity index (χ1n) is 22.2. The van der Waals surface area contributed by atoms with Crippen LogP contribution in [-0.4, -0.2) is 142 Å². The van der Waals surface area contributed by atoms with E-state index in [0.717, 1.165) is 37.7 Å². The molecule has 4 amide bonds. The molecule has 0 saturated carbocycles. The van der Waals surface area contributed by atoms with Gasteiger partial charge in [0.05, 0.1) is 72.5 Å². The fourth-order valence-corrected chi connectivity index (χ4v) is 5.83. The number of methoxy groups -OCH3 is 1. The van der Waals surface area contributed by atoms with E-state index in [0.29, 0.717) is 78.7 Å². The molecule has 0 aliphatic heterocycles. The van der Waals surface area contributed by atoms with Gasteiger partial charge in [-0.3, -0.25) is 19.2 Å². The molecule has 0 unspecified atom stereocenters. The zero-order valence-corrected chi connectivity index (χ0v) is 37.5. The number of rotatable bonds is 39. The molecule has 0 aliphatic rings. The van der Waals surface area contributed by atoms with Gasteiger partial charge in [-0.2, -0.15) is 5.48 Å². The van der Waals surface area contributed by atoms with Crippen LogP contribution in [0.4, 0.5) is 0 Å². The SMILES string of the molecule is CCCOCCOCCOCC(=O)NCCCC[C@H](NC(=O)COCCOCCOCCOC)C(=O)NCCCC(=O)ONC(=O)Cc1ccc(CCCCc2ccccc2)cc1. The van der Waals surface area contributed by atoms with Crippen LogP contribution in [0.1, 0.15) is 75.0 Å². The number of carbonyl (C=O) groups excluding carboxylic acids is 5. The highest BCUT2D eigenvalue weighted by molar-refractivity contribution is 5.88. The van der Waals surface area contributed by atoms with Gasteiger partial charge in [0.1, 0.15) is 19.3 Å². The van der Waals surface area contributed by atoms with Crippen LogP contribution in [0.2, 0.25) is 0 Å². The molecule has 63 heavy (non-hydrogen) atoms. The first kappa shape index (κ1) is 54.6. The second-order valence-corrected chi connectivity index (χ2v) is 14.6. The van der Waals surface area contributed by atoms with Crippen LogP contribution < -0.4 is 21.4 Å². The summed E-state index contributed by atoms with van der Waals surface area (Å²) in [5.74, 6) is -2.29. The van der Waals surface area contributed by atoms with Gasteiger partial charge in [-0.15, -0.1) is 0 Å². The molecule has 0 radical (unpaired) electrons. The first-order chi connectivity index (χ1) is 30.8. The predicted octanol–water partition coefficient (Wildman–Crippen LogP) is 3.19. The van der Waals surface area contributed by atoms with Crippen molar-refractivity contribution in [3.8, 4) is 0 Å². The second-order valence-electron chi connectivity index (χ2n) is 14.6. The smallest absolute Gasteiger partial charge is 0.332 e. The molecule has 0 fully saturated rings. The van der Waals surface area contributed by atoms with Crippen LogP contribution in [-0.2, 0) is 81.2 Å². The Morgan fingerprint density at radius 3 is 1.70 bits per heavy atom. The average molecular weight is 889 g/mol. The van der Waals surface area contributed by atoms with Crippen LogP contribution in [0.5, 0.6) is 0 Å². The van der Waals surface area contributed by atoms with Crippen molar-refractivity contribution in [1.29, 1.82) is 0 Å². The number of ether oxygens (including phenoxy) is 7. The lowest BCUT2D eigenvalue weighted by Crippen LogP contribution is -2.48. The van der Waals surface area contributed by atoms with E-state index in [2.05, 4.69) is 45.7 Å². The lowest BCUT2D eigenvalue weighted by Gasteiger charge is -2.19. The van der Waals surface area contributed by atoms with Crippen LogP contribution in [0.3, 0.4) is 0 Å².